The lowest BCUT2D eigenvalue weighted by Crippen LogP contribution is -2.59. The number of hydrogen-bond acceptors (Lipinski definition) is 15. The van der Waals surface area contributed by atoms with Gasteiger partial charge in [-0.25, -0.2) is 28.0 Å². The zero-order chi connectivity index (χ0) is 52.5. The van der Waals surface area contributed by atoms with Crippen molar-refractivity contribution >= 4 is 35.3 Å². The van der Waals surface area contributed by atoms with Crippen molar-refractivity contribution in [1.82, 2.24) is 25.9 Å². The zero-order valence-electron chi connectivity index (χ0n) is 40.5. The molecule has 3 atom stereocenters. The van der Waals surface area contributed by atoms with E-state index >= 15 is 4.79 Å². The number of ether oxygens (including phenoxy) is 4. The molecule has 392 valence electrons. The van der Waals surface area contributed by atoms with Crippen LogP contribution in [0.4, 0.5) is 18.4 Å². The lowest BCUT2D eigenvalue weighted by Gasteiger charge is -2.49. The average Bonchev–Trinajstić information content (AvgIpc) is 4.23. The fourth-order valence-corrected chi connectivity index (χ4v) is 9.75. The van der Waals surface area contributed by atoms with Gasteiger partial charge in [0.25, 0.3) is 5.91 Å². The van der Waals surface area contributed by atoms with E-state index in [2.05, 4.69) is 10.2 Å². The van der Waals surface area contributed by atoms with Gasteiger partial charge >= 0.3 is 12.2 Å². The lowest BCUT2D eigenvalue weighted by atomic mass is 9.73. The summed E-state index contributed by atoms with van der Waals surface area (Å²) in [5.74, 6) is -1.36. The van der Waals surface area contributed by atoms with Gasteiger partial charge in [-0.3, -0.25) is 30.5 Å². The van der Waals surface area contributed by atoms with E-state index in [0.717, 1.165) is 52.8 Å². The normalized spacial score (nSPS) is 17.3. The third-order valence-corrected chi connectivity index (χ3v) is 13.4. The molecule has 5 aromatic rings. The van der Waals surface area contributed by atoms with Crippen molar-refractivity contribution in [3.8, 4) is 23.0 Å². The molecule has 1 aliphatic carbocycles. The minimum atomic E-state index is -0.843. The number of aryl methyl sites for hydroxylation is 2. The number of nitrogens with one attached hydrogen (secondary N) is 1. The fraction of sp³-hybridized carbons (Fsp3) is 0.340. The molecule has 3 unspecified atom stereocenters. The molecule has 2 bridgehead atoms. The van der Waals surface area contributed by atoms with Gasteiger partial charge in [0.05, 0.1) is 43.8 Å². The Labute approximate surface area is 430 Å². The highest BCUT2D eigenvalue weighted by molar-refractivity contribution is 6.32. The molecule has 5 aromatic carbocycles. The number of piperidine rings is 1. The van der Waals surface area contributed by atoms with Crippen LogP contribution >= 0.6 is 11.6 Å². The van der Waals surface area contributed by atoms with Gasteiger partial charge in [0, 0.05) is 30.7 Å². The predicted molar refractivity (Wildman–Crippen MR) is 260 cm³/mol. The molecule has 3 aliphatic rings. The highest BCUT2D eigenvalue weighted by atomic mass is 35.5. The maximum atomic E-state index is 15.7. The SMILES string of the molecule is COc1ccc(CN(C(=O)C2=C(c3ccc(CCCOc4c(F)ccc(F)c4Cl)cc3)CC3CC(CNC(=O)Oc4cccc(CON(O)O)c4)CC2N3C(=O)Oc2cccc(CON(O)O)c2)C2CC2)cc1C. The van der Waals surface area contributed by atoms with Crippen molar-refractivity contribution in [2.24, 2.45) is 5.92 Å². The van der Waals surface area contributed by atoms with Gasteiger partial charge in [0.2, 0.25) is 0 Å². The summed E-state index contributed by atoms with van der Waals surface area (Å²) in [5.41, 5.74) is 5.62. The van der Waals surface area contributed by atoms with E-state index in [1.165, 1.54) is 12.1 Å². The minimum absolute atomic E-state index is 0.0667. The van der Waals surface area contributed by atoms with Gasteiger partial charge < -0.3 is 29.2 Å². The van der Waals surface area contributed by atoms with E-state index in [4.69, 9.17) is 56.2 Å². The van der Waals surface area contributed by atoms with E-state index < -0.39 is 51.7 Å². The van der Waals surface area contributed by atoms with E-state index in [9.17, 15) is 18.4 Å². The lowest BCUT2D eigenvalue weighted by molar-refractivity contribution is -0.497. The molecule has 2 aliphatic heterocycles. The number of amides is 3. The van der Waals surface area contributed by atoms with Gasteiger partial charge in [-0.15, -0.1) is 0 Å². The average molecular weight is 1040 g/mol. The fourth-order valence-electron chi connectivity index (χ4n) is 9.55. The van der Waals surface area contributed by atoms with Crippen molar-refractivity contribution in [2.75, 3.05) is 20.3 Å². The van der Waals surface area contributed by atoms with Crippen molar-refractivity contribution in [1.29, 1.82) is 0 Å². The number of hydrogen-bond donors (Lipinski definition) is 5. The molecule has 0 radical (unpaired) electrons. The molecule has 1 saturated heterocycles. The Morgan fingerprint density at radius 2 is 1.43 bits per heavy atom. The molecule has 0 spiro atoms. The number of rotatable bonds is 21. The standard InChI is InChI=1S/C53H56ClF2N5O13/c1-32-22-34(13-20-47(32)69-2)29-58(39-16-17-39)51(62)48-43(38-14-11-33(12-15-38)8-5-21-70-50-45(56)19-18-44(55)49(50)54)27-40-23-37(28-57-52(63)73-41-9-3-6-35(24-41)30-71-60(65)66)26-46(48)59(40)53(64)74-42-10-4-7-36(25-42)31-72-61(67)68/h3-4,6-7,9-15,18-20,22,24-25,37,39-40,46,65-68H,5,8,16-17,21,23,26-31H2,1-2H3,(H,57,63). The molecule has 21 heteroatoms. The molecule has 0 aromatic heterocycles. The molecule has 2 fully saturated rings. The van der Waals surface area contributed by atoms with Crippen LogP contribution in [0.3, 0.4) is 0 Å². The van der Waals surface area contributed by atoms with Crippen LogP contribution in [0.2, 0.25) is 5.02 Å². The van der Waals surface area contributed by atoms with Crippen LogP contribution in [0.15, 0.2) is 109 Å². The first kappa shape index (κ1) is 53.6. The van der Waals surface area contributed by atoms with E-state index in [1.807, 2.05) is 54.3 Å². The number of fused-ring (bicyclic) bond motifs is 2. The Balaban J connectivity index is 1.10. The van der Waals surface area contributed by atoms with E-state index in [0.29, 0.717) is 41.7 Å². The molecule has 1 saturated carbocycles. The number of methoxy groups -OCH3 is 1. The van der Waals surface area contributed by atoms with Gasteiger partial charge in [-0.2, -0.15) is 0 Å². The number of carbonyl (C=O) groups is 3. The third-order valence-electron chi connectivity index (χ3n) is 13.1. The highest BCUT2D eigenvalue weighted by Crippen LogP contribution is 2.46. The number of carbonyl (C=O) groups excluding carboxylic acids is 3. The Morgan fingerprint density at radius 1 is 0.784 bits per heavy atom. The zero-order valence-corrected chi connectivity index (χ0v) is 41.3. The van der Waals surface area contributed by atoms with Crippen LogP contribution in [0.1, 0.15) is 71.9 Å². The molecule has 5 N–H and O–H groups in total. The molecule has 74 heavy (non-hydrogen) atoms. The summed E-state index contributed by atoms with van der Waals surface area (Å²) in [5, 5.41) is 37.8. The topological polar surface area (TPSA) is 212 Å². The van der Waals surface area contributed by atoms with Crippen molar-refractivity contribution in [3.63, 3.8) is 0 Å². The van der Waals surface area contributed by atoms with E-state index in [-0.39, 0.29) is 80.9 Å². The van der Waals surface area contributed by atoms with E-state index in [1.54, 1.807) is 48.4 Å². The summed E-state index contributed by atoms with van der Waals surface area (Å²) in [6.45, 7) is 1.96. The quantitative estimate of drug-likeness (QED) is 0.0263. The summed E-state index contributed by atoms with van der Waals surface area (Å²) in [7, 11) is 1.60. The Bertz CT molecular complexity index is 2840. The van der Waals surface area contributed by atoms with Crippen LogP contribution in [-0.2, 0) is 40.6 Å². The first-order valence-corrected chi connectivity index (χ1v) is 24.3. The molecular weight excluding hydrogens is 988 g/mol. The Kier molecular flexibility index (Phi) is 17.8. The molecule has 18 nitrogen and oxygen atoms in total. The van der Waals surface area contributed by atoms with Crippen molar-refractivity contribution < 1.29 is 72.6 Å². The van der Waals surface area contributed by atoms with Crippen molar-refractivity contribution in [3.05, 3.63) is 159 Å². The Hall–Kier alpha value is -6.72. The Morgan fingerprint density at radius 3 is 2.07 bits per heavy atom. The minimum Gasteiger partial charge on any atom is -0.496 e. The second-order valence-electron chi connectivity index (χ2n) is 18.3. The maximum absolute atomic E-state index is 15.7. The van der Waals surface area contributed by atoms with Crippen molar-refractivity contribution in [2.45, 2.75) is 89.8 Å². The summed E-state index contributed by atoms with van der Waals surface area (Å²) in [6, 6.07) is 26.7. The maximum Gasteiger partial charge on any atom is 0.416 e. The van der Waals surface area contributed by atoms with Gasteiger partial charge in [0.1, 0.15) is 28.1 Å². The van der Waals surface area contributed by atoms with Crippen LogP contribution in [0, 0.1) is 24.5 Å². The first-order valence-electron chi connectivity index (χ1n) is 23.9. The largest absolute Gasteiger partial charge is 0.496 e. The smallest absolute Gasteiger partial charge is 0.416 e. The number of benzene rings is 5. The molecule has 8 rings (SSSR count). The van der Waals surface area contributed by atoms with Gasteiger partial charge in [0.15, 0.2) is 11.6 Å². The van der Waals surface area contributed by atoms with Crippen LogP contribution in [-0.4, -0.2) is 97.9 Å². The highest BCUT2D eigenvalue weighted by Gasteiger charge is 2.49. The predicted octanol–water partition coefficient (Wildman–Crippen LogP) is 9.76. The van der Waals surface area contributed by atoms with Crippen LogP contribution in [0.5, 0.6) is 23.0 Å². The molecule has 2 heterocycles. The summed E-state index contributed by atoms with van der Waals surface area (Å²) in [4.78, 5) is 56.7. The summed E-state index contributed by atoms with van der Waals surface area (Å²) in [6.07, 6.45) is 1.96. The first-order chi connectivity index (χ1) is 35.6. The monoisotopic (exact) mass is 1040 g/mol. The van der Waals surface area contributed by atoms with Gasteiger partial charge in [-0.05, 0) is 139 Å². The van der Waals surface area contributed by atoms with Crippen LogP contribution < -0.4 is 24.3 Å². The molecular formula is C53H56ClF2N5O13. The summed E-state index contributed by atoms with van der Waals surface area (Å²) >= 11 is 5.96. The number of halogens is 3. The summed E-state index contributed by atoms with van der Waals surface area (Å²) < 4.78 is 51.1. The van der Waals surface area contributed by atoms with Gasteiger partial charge in [-0.1, -0.05) is 72.3 Å². The van der Waals surface area contributed by atoms with Crippen LogP contribution in [0.25, 0.3) is 5.57 Å². The molecule has 3 amide bonds. The second kappa shape index (κ2) is 24.5. The number of nitrogens with zero attached hydrogens (tertiary/aromatic N) is 4. The third kappa shape index (κ3) is 13.7. The second-order valence-corrected chi connectivity index (χ2v) is 18.7.